The molecule has 3 aromatic carbocycles. The summed E-state index contributed by atoms with van der Waals surface area (Å²) >= 11 is 1.08. The summed E-state index contributed by atoms with van der Waals surface area (Å²) in [4.78, 5) is 15.0. The third-order valence-corrected chi connectivity index (χ3v) is 8.69. The van der Waals surface area contributed by atoms with Gasteiger partial charge >= 0.3 is 4.87 Å². The molecule has 1 aliphatic heterocycles. The minimum Gasteiger partial charge on any atom is -0.299 e. The Morgan fingerprint density at radius 1 is 0.941 bits per heavy atom. The molecule has 0 aliphatic carbocycles. The first-order valence-corrected chi connectivity index (χ1v) is 13.8. The zero-order valence-corrected chi connectivity index (χ0v) is 20.4. The Bertz CT molecular complexity index is 1460. The van der Waals surface area contributed by atoms with Gasteiger partial charge in [0.15, 0.2) is 0 Å². The fourth-order valence-electron chi connectivity index (χ4n) is 4.47. The lowest BCUT2D eigenvalue weighted by molar-refractivity contribution is 0.251. The van der Waals surface area contributed by atoms with E-state index in [0.29, 0.717) is 17.8 Å². The fourth-order valence-corrected chi connectivity index (χ4v) is 6.57. The highest BCUT2D eigenvalue weighted by atomic mass is 32.2. The van der Waals surface area contributed by atoms with Crippen LogP contribution in [0.25, 0.3) is 10.2 Å². The number of nitrogens with one attached hydrogen (secondary N) is 1. The second-order valence-electron chi connectivity index (χ2n) is 8.62. The van der Waals surface area contributed by atoms with Crippen LogP contribution in [-0.2, 0) is 29.5 Å². The minimum atomic E-state index is -3.64. The number of thiazole rings is 1. The van der Waals surface area contributed by atoms with Gasteiger partial charge in [-0.05, 0) is 54.3 Å². The molecule has 6 nitrogen and oxygen atoms in total. The summed E-state index contributed by atoms with van der Waals surface area (Å²) in [5, 5.41) is 0. The Kier molecular flexibility index (Phi) is 6.65. The van der Waals surface area contributed by atoms with E-state index in [1.165, 1.54) is 11.1 Å². The van der Waals surface area contributed by atoms with Crippen molar-refractivity contribution in [2.75, 3.05) is 19.6 Å². The van der Waals surface area contributed by atoms with Crippen molar-refractivity contribution in [3.8, 4) is 0 Å². The molecule has 1 aliphatic rings. The molecule has 2 heterocycles. The predicted molar refractivity (Wildman–Crippen MR) is 137 cm³/mol. The zero-order valence-electron chi connectivity index (χ0n) is 18.8. The topological polar surface area (TPSA) is 71.4 Å². The molecule has 8 heteroatoms. The van der Waals surface area contributed by atoms with E-state index in [2.05, 4.69) is 33.9 Å². The van der Waals surface area contributed by atoms with Crippen LogP contribution in [-0.4, -0.2) is 37.5 Å². The van der Waals surface area contributed by atoms with Crippen LogP contribution in [0.3, 0.4) is 0 Å². The molecule has 0 radical (unpaired) electrons. The second kappa shape index (κ2) is 9.84. The molecule has 1 aromatic heterocycles. The highest BCUT2D eigenvalue weighted by molar-refractivity contribution is 7.89. The maximum absolute atomic E-state index is 12.9. The SMILES string of the molecule is O=c1sc2cc(S(=O)(=O)NCCCN3CCc4ccccc4C3)ccc2n1Cc1ccccc1. The molecule has 0 fully saturated rings. The Hall–Kier alpha value is -2.78. The molecule has 0 amide bonds. The molecule has 176 valence electrons. The Morgan fingerprint density at radius 2 is 1.71 bits per heavy atom. The van der Waals surface area contributed by atoms with Crippen molar-refractivity contribution in [3.05, 3.63) is 99.2 Å². The molecule has 34 heavy (non-hydrogen) atoms. The van der Waals surface area contributed by atoms with Crippen LogP contribution in [0.5, 0.6) is 0 Å². The first-order chi connectivity index (χ1) is 16.5. The van der Waals surface area contributed by atoms with Gasteiger partial charge in [-0.25, -0.2) is 13.1 Å². The van der Waals surface area contributed by atoms with Crippen molar-refractivity contribution in [2.24, 2.45) is 0 Å². The van der Waals surface area contributed by atoms with Crippen molar-refractivity contribution in [2.45, 2.75) is 30.8 Å². The summed E-state index contributed by atoms with van der Waals surface area (Å²) in [6, 6.07) is 23.2. The number of fused-ring (bicyclic) bond motifs is 2. The van der Waals surface area contributed by atoms with Crippen LogP contribution in [0.2, 0.25) is 0 Å². The second-order valence-corrected chi connectivity index (χ2v) is 11.4. The predicted octanol–water partition coefficient (Wildman–Crippen LogP) is 3.84. The number of benzene rings is 3. The van der Waals surface area contributed by atoms with Gasteiger partial charge < -0.3 is 0 Å². The Balaban J connectivity index is 1.21. The molecule has 0 saturated carbocycles. The fraction of sp³-hybridized carbons (Fsp3) is 0.269. The van der Waals surface area contributed by atoms with E-state index in [9.17, 15) is 13.2 Å². The van der Waals surface area contributed by atoms with E-state index >= 15 is 0 Å². The van der Waals surface area contributed by atoms with Crippen LogP contribution in [0.1, 0.15) is 23.1 Å². The van der Waals surface area contributed by atoms with Crippen LogP contribution in [0.4, 0.5) is 0 Å². The Morgan fingerprint density at radius 3 is 2.53 bits per heavy atom. The van der Waals surface area contributed by atoms with Crippen LogP contribution < -0.4 is 9.60 Å². The van der Waals surface area contributed by atoms with E-state index in [1.54, 1.807) is 22.8 Å². The van der Waals surface area contributed by atoms with Crippen molar-refractivity contribution in [1.29, 1.82) is 0 Å². The van der Waals surface area contributed by atoms with Crippen LogP contribution in [0, 0.1) is 0 Å². The zero-order chi connectivity index (χ0) is 23.5. The van der Waals surface area contributed by atoms with Gasteiger partial charge in [-0.15, -0.1) is 0 Å². The van der Waals surface area contributed by atoms with Gasteiger partial charge in [-0.2, -0.15) is 0 Å². The number of aromatic nitrogens is 1. The van der Waals surface area contributed by atoms with Crippen molar-refractivity contribution >= 4 is 31.6 Å². The number of rotatable bonds is 8. The molecule has 0 saturated heterocycles. The molecular formula is C26H27N3O3S2. The van der Waals surface area contributed by atoms with Crippen LogP contribution >= 0.6 is 11.3 Å². The van der Waals surface area contributed by atoms with Gasteiger partial charge in [0.05, 0.1) is 21.7 Å². The molecule has 4 aromatic rings. The van der Waals surface area contributed by atoms with Gasteiger partial charge in [0, 0.05) is 19.6 Å². The molecular weight excluding hydrogens is 466 g/mol. The lowest BCUT2D eigenvalue weighted by atomic mass is 10.00. The molecule has 0 bridgehead atoms. The average molecular weight is 494 g/mol. The van der Waals surface area contributed by atoms with Crippen molar-refractivity contribution < 1.29 is 8.42 Å². The van der Waals surface area contributed by atoms with Gasteiger partial charge in [0.2, 0.25) is 10.0 Å². The summed E-state index contributed by atoms with van der Waals surface area (Å²) < 4.78 is 30.8. The van der Waals surface area contributed by atoms with Gasteiger partial charge in [-0.3, -0.25) is 14.3 Å². The monoisotopic (exact) mass is 493 g/mol. The van der Waals surface area contributed by atoms with Crippen LogP contribution in [0.15, 0.2) is 82.5 Å². The van der Waals surface area contributed by atoms with Crippen molar-refractivity contribution in [1.82, 2.24) is 14.2 Å². The minimum absolute atomic E-state index is 0.0931. The summed E-state index contributed by atoms with van der Waals surface area (Å²) in [5.74, 6) is 0. The molecule has 0 atom stereocenters. The molecule has 1 N–H and O–H groups in total. The molecule has 0 spiro atoms. The van der Waals surface area contributed by atoms with Gasteiger partial charge in [0.25, 0.3) is 0 Å². The summed E-state index contributed by atoms with van der Waals surface area (Å²) in [5.41, 5.74) is 4.55. The summed E-state index contributed by atoms with van der Waals surface area (Å²) in [6.45, 7) is 3.60. The number of hydrogen-bond donors (Lipinski definition) is 1. The van der Waals surface area contributed by atoms with Crippen molar-refractivity contribution in [3.63, 3.8) is 0 Å². The lowest BCUT2D eigenvalue weighted by Gasteiger charge is -2.28. The quantitative estimate of drug-likeness (QED) is 0.379. The Labute approximate surface area is 203 Å². The molecule has 0 unspecified atom stereocenters. The third-order valence-electron chi connectivity index (χ3n) is 6.29. The number of sulfonamides is 1. The normalized spacial score (nSPS) is 14.4. The van der Waals surface area contributed by atoms with E-state index in [-0.39, 0.29) is 9.77 Å². The number of nitrogens with zero attached hydrogens (tertiary/aromatic N) is 2. The standard InChI is InChI=1S/C26H27N3O3S2/c30-26-29(18-20-7-2-1-3-8-20)24-12-11-23(17-25(24)33-26)34(31,32)27-14-6-15-28-16-13-21-9-4-5-10-22(21)19-28/h1-5,7-12,17,27H,6,13-16,18-19H2. The lowest BCUT2D eigenvalue weighted by Crippen LogP contribution is -2.33. The first kappa shape index (κ1) is 23.0. The maximum Gasteiger partial charge on any atom is 0.308 e. The van der Waals surface area contributed by atoms with E-state index in [4.69, 9.17) is 0 Å². The largest absolute Gasteiger partial charge is 0.308 e. The number of hydrogen-bond acceptors (Lipinski definition) is 5. The van der Waals surface area contributed by atoms with Gasteiger partial charge in [0.1, 0.15) is 0 Å². The third kappa shape index (κ3) is 5.00. The van der Waals surface area contributed by atoms with E-state index in [1.807, 2.05) is 30.3 Å². The summed E-state index contributed by atoms with van der Waals surface area (Å²) in [7, 11) is -3.64. The van der Waals surface area contributed by atoms with E-state index in [0.717, 1.165) is 54.9 Å². The maximum atomic E-state index is 12.9. The first-order valence-electron chi connectivity index (χ1n) is 11.5. The van der Waals surface area contributed by atoms with E-state index < -0.39 is 10.0 Å². The highest BCUT2D eigenvalue weighted by Gasteiger charge is 2.18. The summed E-state index contributed by atoms with van der Waals surface area (Å²) in [6.07, 6.45) is 1.78. The highest BCUT2D eigenvalue weighted by Crippen LogP contribution is 2.23. The average Bonchev–Trinajstić information content (AvgIpc) is 3.16. The van der Waals surface area contributed by atoms with Gasteiger partial charge in [-0.1, -0.05) is 65.9 Å². The smallest absolute Gasteiger partial charge is 0.299 e. The molecule has 5 rings (SSSR count).